The van der Waals surface area contributed by atoms with Crippen LogP contribution in [0.3, 0.4) is 0 Å². The highest BCUT2D eigenvalue weighted by atomic mass is 32.2. The van der Waals surface area contributed by atoms with E-state index in [1.165, 1.54) is 25.7 Å². The maximum atomic E-state index is 11.7. The standard InChI is InChI=1S/C16H32N2O2S/c1-4-7-15-12-18(10-6-11-21(19,20)5-2)16(3,13-17-15)14-8-9-14/h14-15,17H,4-13H2,1-3H3. The van der Waals surface area contributed by atoms with Crippen LogP contribution in [0, 0.1) is 5.92 Å². The Labute approximate surface area is 130 Å². The predicted octanol–water partition coefficient (Wildman–Crippen LogP) is 2.05. The number of hydrogen-bond donors (Lipinski definition) is 1. The van der Waals surface area contributed by atoms with E-state index >= 15 is 0 Å². The molecule has 0 aromatic rings. The van der Waals surface area contributed by atoms with E-state index in [0.29, 0.717) is 11.8 Å². The number of nitrogens with one attached hydrogen (secondary N) is 1. The van der Waals surface area contributed by atoms with Crippen molar-refractivity contribution in [2.24, 2.45) is 5.92 Å². The number of rotatable bonds is 8. The first-order valence-electron chi connectivity index (χ1n) is 8.60. The molecule has 0 aromatic carbocycles. The summed E-state index contributed by atoms with van der Waals surface area (Å²) in [5.41, 5.74) is 0.236. The van der Waals surface area contributed by atoms with Crippen molar-refractivity contribution in [2.45, 2.75) is 64.5 Å². The summed E-state index contributed by atoms with van der Waals surface area (Å²) >= 11 is 0. The summed E-state index contributed by atoms with van der Waals surface area (Å²) in [4.78, 5) is 2.59. The second kappa shape index (κ2) is 6.97. The van der Waals surface area contributed by atoms with Crippen molar-refractivity contribution < 1.29 is 8.42 Å². The highest BCUT2D eigenvalue weighted by Gasteiger charge is 2.47. The van der Waals surface area contributed by atoms with Crippen LogP contribution in [-0.2, 0) is 9.84 Å². The minimum atomic E-state index is -2.83. The molecule has 1 saturated heterocycles. The molecule has 21 heavy (non-hydrogen) atoms. The molecule has 1 saturated carbocycles. The lowest BCUT2D eigenvalue weighted by Gasteiger charge is -2.49. The van der Waals surface area contributed by atoms with Crippen LogP contribution in [0.25, 0.3) is 0 Å². The second-order valence-corrected chi connectivity index (χ2v) is 9.51. The normalized spacial score (nSPS) is 31.5. The average Bonchev–Trinajstić information content (AvgIpc) is 3.27. The van der Waals surface area contributed by atoms with Crippen LogP contribution >= 0.6 is 0 Å². The SMILES string of the molecule is CCCC1CN(CCCS(=O)(=O)CC)C(C)(C2CC2)CN1. The monoisotopic (exact) mass is 316 g/mol. The molecule has 0 spiro atoms. The van der Waals surface area contributed by atoms with Gasteiger partial charge in [-0.3, -0.25) is 4.90 Å². The van der Waals surface area contributed by atoms with Crippen molar-refractivity contribution in [1.82, 2.24) is 10.2 Å². The van der Waals surface area contributed by atoms with Crippen molar-refractivity contribution in [3.05, 3.63) is 0 Å². The van der Waals surface area contributed by atoms with E-state index in [2.05, 4.69) is 24.1 Å². The minimum Gasteiger partial charge on any atom is -0.311 e. The molecule has 2 fully saturated rings. The summed E-state index contributed by atoms with van der Waals surface area (Å²) in [6, 6.07) is 0.574. The van der Waals surface area contributed by atoms with Gasteiger partial charge in [-0.05, 0) is 45.1 Å². The van der Waals surface area contributed by atoms with Crippen LogP contribution in [0.2, 0.25) is 0 Å². The zero-order valence-electron chi connectivity index (χ0n) is 13.9. The summed E-state index contributed by atoms with van der Waals surface area (Å²) in [6.45, 7) is 9.40. The molecule has 0 aromatic heterocycles. The topological polar surface area (TPSA) is 49.4 Å². The Kier molecular flexibility index (Phi) is 5.71. The third kappa shape index (κ3) is 4.42. The van der Waals surface area contributed by atoms with Gasteiger partial charge in [-0.25, -0.2) is 8.42 Å². The van der Waals surface area contributed by atoms with E-state index in [0.717, 1.165) is 32.0 Å². The summed E-state index contributed by atoms with van der Waals surface area (Å²) < 4.78 is 23.4. The fraction of sp³-hybridized carbons (Fsp3) is 1.00. The Morgan fingerprint density at radius 1 is 1.29 bits per heavy atom. The molecular formula is C16H32N2O2S. The molecule has 4 nitrogen and oxygen atoms in total. The Morgan fingerprint density at radius 3 is 2.57 bits per heavy atom. The fourth-order valence-electron chi connectivity index (χ4n) is 3.62. The molecule has 0 bridgehead atoms. The van der Waals surface area contributed by atoms with Gasteiger partial charge in [-0.1, -0.05) is 20.3 Å². The van der Waals surface area contributed by atoms with Crippen molar-refractivity contribution in [2.75, 3.05) is 31.1 Å². The van der Waals surface area contributed by atoms with Gasteiger partial charge in [0, 0.05) is 30.4 Å². The first-order valence-corrected chi connectivity index (χ1v) is 10.4. The summed E-state index contributed by atoms with van der Waals surface area (Å²) in [5.74, 6) is 1.41. The first kappa shape index (κ1) is 17.2. The van der Waals surface area contributed by atoms with Crippen molar-refractivity contribution in [3.63, 3.8) is 0 Å². The molecular weight excluding hydrogens is 284 g/mol. The van der Waals surface area contributed by atoms with Crippen LogP contribution in [0.15, 0.2) is 0 Å². The van der Waals surface area contributed by atoms with E-state index in [9.17, 15) is 8.42 Å². The average molecular weight is 317 g/mol. The van der Waals surface area contributed by atoms with E-state index in [1.54, 1.807) is 6.92 Å². The molecule has 124 valence electrons. The second-order valence-electron chi connectivity index (χ2n) is 7.03. The van der Waals surface area contributed by atoms with Crippen molar-refractivity contribution >= 4 is 9.84 Å². The van der Waals surface area contributed by atoms with E-state index < -0.39 is 9.84 Å². The lowest BCUT2D eigenvalue weighted by atomic mass is 9.88. The van der Waals surface area contributed by atoms with Gasteiger partial charge in [0.05, 0.1) is 5.75 Å². The summed E-state index contributed by atoms with van der Waals surface area (Å²) in [7, 11) is -2.83. The lowest BCUT2D eigenvalue weighted by molar-refractivity contribution is 0.0334. The molecule has 5 heteroatoms. The highest BCUT2D eigenvalue weighted by Crippen LogP contribution is 2.44. The van der Waals surface area contributed by atoms with Gasteiger partial charge in [0.1, 0.15) is 9.84 Å². The minimum absolute atomic E-state index is 0.236. The Bertz CT molecular complexity index is 434. The Balaban J connectivity index is 1.93. The van der Waals surface area contributed by atoms with E-state index in [-0.39, 0.29) is 11.3 Å². The van der Waals surface area contributed by atoms with Gasteiger partial charge in [0.25, 0.3) is 0 Å². The Morgan fingerprint density at radius 2 is 2.00 bits per heavy atom. The molecule has 1 heterocycles. The van der Waals surface area contributed by atoms with Crippen LogP contribution in [-0.4, -0.2) is 56.0 Å². The third-order valence-corrected chi connectivity index (χ3v) is 7.12. The molecule has 2 rings (SSSR count). The van der Waals surface area contributed by atoms with Gasteiger partial charge in [-0.15, -0.1) is 0 Å². The highest BCUT2D eigenvalue weighted by molar-refractivity contribution is 7.91. The Hall–Kier alpha value is -0.130. The first-order chi connectivity index (χ1) is 9.91. The van der Waals surface area contributed by atoms with Crippen LogP contribution in [0.5, 0.6) is 0 Å². The van der Waals surface area contributed by atoms with E-state index in [4.69, 9.17) is 0 Å². The third-order valence-electron chi connectivity index (χ3n) is 5.33. The molecule has 1 aliphatic carbocycles. The number of piperazine rings is 1. The smallest absolute Gasteiger partial charge is 0.150 e. The molecule has 1 aliphatic heterocycles. The number of nitrogens with zero attached hydrogens (tertiary/aromatic N) is 1. The predicted molar refractivity (Wildman–Crippen MR) is 88.3 cm³/mol. The fourth-order valence-corrected chi connectivity index (χ4v) is 4.48. The van der Waals surface area contributed by atoms with Crippen LogP contribution < -0.4 is 5.32 Å². The van der Waals surface area contributed by atoms with Gasteiger partial charge < -0.3 is 5.32 Å². The summed E-state index contributed by atoms with van der Waals surface area (Å²) in [6.07, 6.45) is 5.86. The molecule has 2 unspecified atom stereocenters. The molecule has 0 amide bonds. The largest absolute Gasteiger partial charge is 0.311 e. The van der Waals surface area contributed by atoms with Gasteiger partial charge >= 0.3 is 0 Å². The quantitative estimate of drug-likeness (QED) is 0.744. The zero-order valence-corrected chi connectivity index (χ0v) is 14.7. The van der Waals surface area contributed by atoms with Crippen molar-refractivity contribution in [1.29, 1.82) is 0 Å². The number of sulfone groups is 1. The zero-order chi connectivity index (χ0) is 15.5. The maximum Gasteiger partial charge on any atom is 0.150 e. The molecule has 1 N–H and O–H groups in total. The van der Waals surface area contributed by atoms with E-state index in [1.807, 2.05) is 0 Å². The summed E-state index contributed by atoms with van der Waals surface area (Å²) in [5, 5.41) is 3.72. The van der Waals surface area contributed by atoms with Gasteiger partial charge in [0.2, 0.25) is 0 Å². The van der Waals surface area contributed by atoms with Gasteiger partial charge in [-0.2, -0.15) is 0 Å². The van der Waals surface area contributed by atoms with Crippen LogP contribution in [0.1, 0.15) is 52.9 Å². The molecule has 2 aliphatic rings. The maximum absolute atomic E-state index is 11.7. The van der Waals surface area contributed by atoms with Crippen LogP contribution in [0.4, 0.5) is 0 Å². The van der Waals surface area contributed by atoms with Gasteiger partial charge in [0.15, 0.2) is 0 Å². The lowest BCUT2D eigenvalue weighted by Crippen LogP contribution is -2.64. The number of hydrogen-bond acceptors (Lipinski definition) is 4. The molecule has 2 atom stereocenters. The van der Waals surface area contributed by atoms with Crippen molar-refractivity contribution in [3.8, 4) is 0 Å². The molecule has 0 radical (unpaired) electrons.